The van der Waals surface area contributed by atoms with E-state index >= 15 is 4.39 Å². The Morgan fingerprint density at radius 1 is 1.08 bits per heavy atom. The normalized spacial score (nSPS) is 22.0. The number of anilines is 2. The lowest BCUT2D eigenvalue weighted by molar-refractivity contribution is -0.227. The summed E-state index contributed by atoms with van der Waals surface area (Å²) < 4.78 is 96.3. The standard InChI is InChI=1S/C24H18F7N3O5/c1-11-12(4-3-5-15(11)23(26,27)28)9-34-18(35)14(19(36)37)10-33(21(34)39)13-6-7-17-16(8-13)22(25,24(29,30)31)20(38)32(17)2/h3-8,14H,9-10H2,1-2H3,(H,36,37). The zero-order valence-electron chi connectivity index (χ0n) is 20.0. The largest absolute Gasteiger partial charge is 0.481 e. The summed E-state index contributed by atoms with van der Waals surface area (Å²) in [6.45, 7) is -0.552. The first-order valence-corrected chi connectivity index (χ1v) is 11.1. The fourth-order valence-corrected chi connectivity index (χ4v) is 4.63. The maximum Gasteiger partial charge on any atom is 0.436 e. The number of alkyl halides is 7. The van der Waals surface area contributed by atoms with Crippen molar-refractivity contribution in [3.05, 3.63) is 58.7 Å². The van der Waals surface area contributed by atoms with Crippen LogP contribution in [0, 0.1) is 12.8 Å². The number of halogens is 7. The molecule has 39 heavy (non-hydrogen) atoms. The van der Waals surface area contributed by atoms with E-state index in [9.17, 15) is 50.6 Å². The van der Waals surface area contributed by atoms with Gasteiger partial charge in [0.2, 0.25) is 5.91 Å². The molecule has 0 aromatic heterocycles. The van der Waals surface area contributed by atoms with Gasteiger partial charge in [-0.15, -0.1) is 0 Å². The number of hydrogen-bond acceptors (Lipinski definition) is 4. The molecular weight excluding hydrogens is 543 g/mol. The van der Waals surface area contributed by atoms with Crippen LogP contribution in [0.1, 0.15) is 22.3 Å². The lowest BCUT2D eigenvalue weighted by Crippen LogP contribution is -2.58. The number of carbonyl (C=O) groups excluding carboxylic acids is 3. The third kappa shape index (κ3) is 4.25. The summed E-state index contributed by atoms with van der Waals surface area (Å²) in [6, 6.07) is 4.26. The van der Waals surface area contributed by atoms with Crippen molar-refractivity contribution in [3.8, 4) is 0 Å². The number of benzene rings is 2. The number of amides is 4. The Morgan fingerprint density at radius 2 is 1.72 bits per heavy atom. The van der Waals surface area contributed by atoms with Gasteiger partial charge < -0.3 is 10.0 Å². The second-order valence-electron chi connectivity index (χ2n) is 9.02. The smallest absolute Gasteiger partial charge is 0.436 e. The minimum absolute atomic E-state index is 0.140. The Hall–Kier alpha value is -4.17. The fraction of sp³-hybridized carbons (Fsp3) is 0.333. The molecule has 8 nitrogen and oxygen atoms in total. The van der Waals surface area contributed by atoms with E-state index in [4.69, 9.17) is 0 Å². The van der Waals surface area contributed by atoms with Crippen LogP contribution >= 0.6 is 0 Å². The predicted molar refractivity (Wildman–Crippen MR) is 119 cm³/mol. The monoisotopic (exact) mass is 561 g/mol. The average molecular weight is 561 g/mol. The van der Waals surface area contributed by atoms with Gasteiger partial charge >= 0.3 is 30.0 Å². The Labute approximate surface area is 215 Å². The number of nitrogens with zero attached hydrogens (tertiary/aromatic N) is 3. The molecule has 2 unspecified atom stereocenters. The number of imide groups is 1. The number of likely N-dealkylation sites (N-methyl/N-ethyl adjacent to an activating group) is 1. The van der Waals surface area contributed by atoms with Crippen LogP contribution in [0.5, 0.6) is 0 Å². The molecule has 0 spiro atoms. The van der Waals surface area contributed by atoms with Gasteiger partial charge in [-0.05, 0) is 42.3 Å². The lowest BCUT2D eigenvalue weighted by Gasteiger charge is -2.37. The second-order valence-corrected chi connectivity index (χ2v) is 9.02. The summed E-state index contributed by atoms with van der Waals surface area (Å²) in [5.41, 5.74) is -8.03. The minimum atomic E-state index is -5.68. The minimum Gasteiger partial charge on any atom is -0.481 e. The van der Waals surface area contributed by atoms with Crippen molar-refractivity contribution in [2.45, 2.75) is 31.5 Å². The molecule has 2 heterocycles. The lowest BCUT2D eigenvalue weighted by atomic mass is 9.95. The highest BCUT2D eigenvalue weighted by Gasteiger charge is 2.68. The molecule has 2 aliphatic rings. The Morgan fingerprint density at radius 3 is 2.28 bits per heavy atom. The summed E-state index contributed by atoms with van der Waals surface area (Å²) >= 11 is 0. The van der Waals surface area contributed by atoms with Gasteiger partial charge in [-0.1, -0.05) is 12.1 Å². The Bertz CT molecular complexity index is 1410. The molecule has 4 rings (SSSR count). The van der Waals surface area contributed by atoms with Crippen LogP contribution < -0.4 is 9.80 Å². The Kier molecular flexibility index (Phi) is 6.39. The quantitative estimate of drug-likeness (QED) is 0.441. The molecule has 0 radical (unpaired) electrons. The fourth-order valence-electron chi connectivity index (χ4n) is 4.63. The predicted octanol–water partition coefficient (Wildman–Crippen LogP) is 4.39. The van der Waals surface area contributed by atoms with Crippen molar-refractivity contribution in [1.82, 2.24) is 4.90 Å². The molecule has 4 amide bonds. The summed E-state index contributed by atoms with van der Waals surface area (Å²) in [5, 5.41) is 9.57. The van der Waals surface area contributed by atoms with E-state index < -0.39 is 83.3 Å². The van der Waals surface area contributed by atoms with Gasteiger partial charge in [0.1, 0.15) is 0 Å². The molecule has 2 aromatic rings. The van der Waals surface area contributed by atoms with Crippen molar-refractivity contribution < 1.29 is 55.0 Å². The summed E-state index contributed by atoms with van der Waals surface area (Å²) in [5.74, 6) is -6.84. The van der Waals surface area contributed by atoms with E-state index in [1.165, 1.54) is 6.07 Å². The highest BCUT2D eigenvalue weighted by atomic mass is 19.4. The molecular formula is C24H18F7N3O5. The molecule has 208 valence electrons. The number of carbonyl (C=O) groups is 4. The maximum absolute atomic E-state index is 15.2. The molecule has 1 saturated heterocycles. The van der Waals surface area contributed by atoms with Crippen LogP contribution in [0.2, 0.25) is 0 Å². The van der Waals surface area contributed by atoms with Gasteiger partial charge in [-0.3, -0.25) is 24.2 Å². The van der Waals surface area contributed by atoms with Gasteiger partial charge in [0, 0.05) is 24.8 Å². The first-order chi connectivity index (χ1) is 17.9. The van der Waals surface area contributed by atoms with Gasteiger partial charge in [0.05, 0.1) is 17.8 Å². The summed E-state index contributed by atoms with van der Waals surface area (Å²) in [4.78, 5) is 51.6. The number of carboxylic acids is 1. The van der Waals surface area contributed by atoms with Gasteiger partial charge in [0.15, 0.2) is 5.92 Å². The summed E-state index contributed by atoms with van der Waals surface area (Å²) in [6.07, 6.45) is -10.4. The average Bonchev–Trinajstić information content (AvgIpc) is 3.03. The molecule has 1 fully saturated rings. The number of carboxylic acid groups (broad SMARTS) is 1. The highest BCUT2D eigenvalue weighted by Crippen LogP contribution is 2.52. The van der Waals surface area contributed by atoms with E-state index in [1.807, 2.05) is 0 Å². The van der Waals surface area contributed by atoms with Gasteiger partial charge in [0.25, 0.3) is 5.91 Å². The first kappa shape index (κ1) is 27.9. The molecule has 0 aliphatic carbocycles. The first-order valence-electron chi connectivity index (χ1n) is 11.1. The van der Waals surface area contributed by atoms with E-state index in [0.29, 0.717) is 20.8 Å². The van der Waals surface area contributed by atoms with Crippen molar-refractivity contribution in [1.29, 1.82) is 0 Å². The molecule has 2 aromatic carbocycles. The van der Waals surface area contributed by atoms with E-state index in [-0.39, 0.29) is 11.1 Å². The van der Waals surface area contributed by atoms with Crippen molar-refractivity contribution in [2.24, 2.45) is 5.92 Å². The van der Waals surface area contributed by atoms with Crippen LogP contribution in [-0.2, 0) is 32.8 Å². The molecule has 2 atom stereocenters. The second kappa shape index (κ2) is 8.95. The van der Waals surface area contributed by atoms with Crippen LogP contribution in [0.15, 0.2) is 36.4 Å². The van der Waals surface area contributed by atoms with Crippen molar-refractivity contribution in [3.63, 3.8) is 0 Å². The zero-order chi connectivity index (χ0) is 29.2. The van der Waals surface area contributed by atoms with Gasteiger partial charge in [-0.2, -0.15) is 26.3 Å². The van der Waals surface area contributed by atoms with Crippen molar-refractivity contribution >= 4 is 35.2 Å². The molecule has 0 bridgehead atoms. The molecule has 1 N–H and O–H groups in total. The number of hydrogen-bond donors (Lipinski definition) is 1. The van der Waals surface area contributed by atoms with Crippen LogP contribution in [0.25, 0.3) is 0 Å². The van der Waals surface area contributed by atoms with E-state index in [0.717, 1.165) is 38.2 Å². The highest BCUT2D eigenvalue weighted by molar-refractivity contribution is 6.13. The number of urea groups is 1. The molecule has 0 saturated carbocycles. The topological polar surface area (TPSA) is 98.2 Å². The SMILES string of the molecule is Cc1c(CN2C(=O)C(C(=O)O)CN(c3ccc4c(c3)C(F)(C(F)(F)F)C(=O)N4C)C2=O)cccc1C(F)(F)F. The third-order valence-corrected chi connectivity index (χ3v) is 6.78. The molecule has 15 heteroatoms. The summed E-state index contributed by atoms with van der Waals surface area (Å²) in [7, 11) is 0.915. The maximum atomic E-state index is 15.2. The van der Waals surface area contributed by atoms with E-state index in [1.54, 1.807) is 0 Å². The zero-order valence-corrected chi connectivity index (χ0v) is 20.0. The van der Waals surface area contributed by atoms with Crippen LogP contribution in [0.3, 0.4) is 0 Å². The van der Waals surface area contributed by atoms with Gasteiger partial charge in [-0.25, -0.2) is 9.18 Å². The Balaban J connectivity index is 1.79. The van der Waals surface area contributed by atoms with Crippen molar-refractivity contribution in [2.75, 3.05) is 23.4 Å². The third-order valence-electron chi connectivity index (χ3n) is 6.78. The number of rotatable bonds is 4. The number of fused-ring (bicyclic) bond motifs is 1. The molecule has 2 aliphatic heterocycles. The van der Waals surface area contributed by atoms with Crippen LogP contribution in [0.4, 0.5) is 46.9 Å². The van der Waals surface area contributed by atoms with E-state index in [2.05, 4.69) is 0 Å². The number of aliphatic carboxylic acids is 1. The van der Waals surface area contributed by atoms with Crippen LogP contribution in [-0.4, -0.2) is 53.6 Å².